The summed E-state index contributed by atoms with van der Waals surface area (Å²) in [4.78, 5) is 12.6. The van der Waals surface area contributed by atoms with E-state index in [1.54, 1.807) is 6.33 Å². The SMILES string of the molecule is CCC1(C(=O)Nc2cccc(-c3nncn3C)c2)CCCN1.Cl. The number of nitrogens with zero attached hydrogens (tertiary/aromatic N) is 3. The number of anilines is 1. The standard InChI is InChI=1S/C16H21N5O.ClH/c1-3-16(8-5-9-17-16)15(22)19-13-7-4-6-12(10-13)14-20-18-11-21(14)2;/h4,6-7,10-11,17H,3,5,8-9H2,1-2H3,(H,19,22);1H. The van der Waals surface area contributed by atoms with Crippen molar-refractivity contribution in [3.05, 3.63) is 30.6 Å². The molecule has 1 amide bonds. The van der Waals surface area contributed by atoms with Gasteiger partial charge < -0.3 is 15.2 Å². The van der Waals surface area contributed by atoms with Gasteiger partial charge in [-0.25, -0.2) is 0 Å². The first-order chi connectivity index (χ1) is 10.6. The Hall–Kier alpha value is -1.92. The fraction of sp³-hybridized carbons (Fsp3) is 0.438. The minimum absolute atomic E-state index is 0. The van der Waals surface area contributed by atoms with Gasteiger partial charge in [0.1, 0.15) is 6.33 Å². The van der Waals surface area contributed by atoms with Crippen LogP contribution in [0.5, 0.6) is 0 Å². The van der Waals surface area contributed by atoms with Crippen molar-refractivity contribution in [2.45, 2.75) is 31.7 Å². The molecule has 1 unspecified atom stereocenters. The number of halogens is 1. The van der Waals surface area contributed by atoms with E-state index in [4.69, 9.17) is 0 Å². The zero-order valence-corrected chi connectivity index (χ0v) is 14.2. The van der Waals surface area contributed by atoms with Crippen molar-refractivity contribution in [3.63, 3.8) is 0 Å². The maximum atomic E-state index is 12.6. The molecule has 1 saturated heterocycles. The average molecular weight is 336 g/mol. The van der Waals surface area contributed by atoms with Crippen molar-refractivity contribution in [1.29, 1.82) is 0 Å². The number of hydrogen-bond donors (Lipinski definition) is 2. The topological polar surface area (TPSA) is 71.8 Å². The van der Waals surface area contributed by atoms with Crippen molar-refractivity contribution in [2.24, 2.45) is 7.05 Å². The molecule has 1 atom stereocenters. The number of nitrogens with one attached hydrogen (secondary N) is 2. The number of aromatic nitrogens is 3. The van der Waals surface area contributed by atoms with Gasteiger partial charge in [-0.2, -0.15) is 0 Å². The molecule has 0 bridgehead atoms. The van der Waals surface area contributed by atoms with Gasteiger partial charge in [0.25, 0.3) is 0 Å². The normalized spacial score (nSPS) is 20.1. The van der Waals surface area contributed by atoms with Crippen molar-refractivity contribution in [2.75, 3.05) is 11.9 Å². The molecule has 2 heterocycles. The van der Waals surface area contributed by atoms with Gasteiger partial charge in [0.2, 0.25) is 5.91 Å². The van der Waals surface area contributed by atoms with Crippen LogP contribution in [0.3, 0.4) is 0 Å². The predicted molar refractivity (Wildman–Crippen MR) is 92.6 cm³/mol. The number of aryl methyl sites for hydroxylation is 1. The van der Waals surface area contributed by atoms with Gasteiger partial charge in [-0.15, -0.1) is 22.6 Å². The smallest absolute Gasteiger partial charge is 0.244 e. The lowest BCUT2D eigenvalue weighted by atomic mass is 9.93. The van der Waals surface area contributed by atoms with Crippen molar-refractivity contribution >= 4 is 24.0 Å². The lowest BCUT2D eigenvalue weighted by molar-refractivity contribution is -0.122. The van der Waals surface area contributed by atoms with Crippen LogP contribution in [0.25, 0.3) is 11.4 Å². The number of hydrogen-bond acceptors (Lipinski definition) is 4. The van der Waals surface area contributed by atoms with Crippen LogP contribution in [0.4, 0.5) is 5.69 Å². The summed E-state index contributed by atoms with van der Waals surface area (Å²) in [5.41, 5.74) is 1.29. The molecule has 2 aromatic rings. The second kappa shape index (κ2) is 7.10. The molecule has 0 radical (unpaired) electrons. The zero-order chi connectivity index (χ0) is 15.6. The Balaban J connectivity index is 0.00000192. The summed E-state index contributed by atoms with van der Waals surface area (Å²) in [5, 5.41) is 14.4. The number of carbonyl (C=O) groups is 1. The number of amides is 1. The minimum Gasteiger partial charge on any atom is -0.324 e. The van der Waals surface area contributed by atoms with E-state index in [1.807, 2.05) is 42.8 Å². The molecule has 1 aliphatic rings. The van der Waals surface area contributed by atoms with Gasteiger partial charge in [0.15, 0.2) is 5.82 Å². The summed E-state index contributed by atoms with van der Waals surface area (Å²) < 4.78 is 1.85. The van der Waals surface area contributed by atoms with Gasteiger partial charge in [-0.3, -0.25) is 4.79 Å². The lowest BCUT2D eigenvalue weighted by Crippen LogP contribution is -2.50. The maximum Gasteiger partial charge on any atom is 0.244 e. The molecule has 3 rings (SSSR count). The first kappa shape index (κ1) is 17.4. The van der Waals surface area contributed by atoms with Gasteiger partial charge in [0, 0.05) is 18.3 Å². The van der Waals surface area contributed by atoms with Crippen molar-refractivity contribution in [3.8, 4) is 11.4 Å². The second-order valence-electron chi connectivity index (χ2n) is 5.77. The molecule has 1 aromatic heterocycles. The summed E-state index contributed by atoms with van der Waals surface area (Å²) >= 11 is 0. The highest BCUT2D eigenvalue weighted by Crippen LogP contribution is 2.26. The first-order valence-electron chi connectivity index (χ1n) is 7.65. The van der Waals surface area contributed by atoms with E-state index in [-0.39, 0.29) is 18.3 Å². The van der Waals surface area contributed by atoms with Crippen LogP contribution in [-0.2, 0) is 11.8 Å². The summed E-state index contributed by atoms with van der Waals surface area (Å²) in [5.74, 6) is 0.822. The van der Waals surface area contributed by atoms with Gasteiger partial charge in [-0.1, -0.05) is 19.1 Å². The molecule has 1 fully saturated rings. The van der Waals surface area contributed by atoms with E-state index in [9.17, 15) is 4.79 Å². The monoisotopic (exact) mass is 335 g/mol. The predicted octanol–water partition coefficient (Wildman–Crippen LogP) is 2.37. The van der Waals surface area contributed by atoms with Gasteiger partial charge >= 0.3 is 0 Å². The molecular formula is C16H22ClN5O. The van der Waals surface area contributed by atoms with E-state index in [0.717, 1.165) is 42.9 Å². The largest absolute Gasteiger partial charge is 0.324 e. The number of carbonyl (C=O) groups excluding carboxylic acids is 1. The Labute approximate surface area is 142 Å². The number of benzene rings is 1. The summed E-state index contributed by atoms with van der Waals surface area (Å²) in [6, 6.07) is 7.71. The third kappa shape index (κ3) is 3.38. The highest BCUT2D eigenvalue weighted by molar-refractivity contribution is 5.98. The van der Waals surface area contributed by atoms with Crippen molar-refractivity contribution < 1.29 is 4.79 Å². The summed E-state index contributed by atoms with van der Waals surface area (Å²) in [6.45, 7) is 2.95. The third-order valence-corrected chi connectivity index (χ3v) is 4.37. The van der Waals surface area contributed by atoms with Crippen LogP contribution in [0.15, 0.2) is 30.6 Å². The van der Waals surface area contributed by atoms with E-state index in [0.29, 0.717) is 0 Å². The van der Waals surface area contributed by atoms with Crippen LogP contribution in [0.2, 0.25) is 0 Å². The molecule has 7 heteroatoms. The Morgan fingerprint density at radius 2 is 2.30 bits per heavy atom. The van der Waals surface area contributed by atoms with Crippen LogP contribution in [0.1, 0.15) is 26.2 Å². The van der Waals surface area contributed by atoms with E-state index >= 15 is 0 Å². The molecule has 23 heavy (non-hydrogen) atoms. The van der Waals surface area contributed by atoms with Gasteiger partial charge in [0.05, 0.1) is 5.54 Å². The van der Waals surface area contributed by atoms with Crippen LogP contribution < -0.4 is 10.6 Å². The molecular weight excluding hydrogens is 314 g/mol. The molecule has 0 aliphatic carbocycles. The molecule has 2 N–H and O–H groups in total. The molecule has 0 saturated carbocycles. The molecule has 0 spiro atoms. The lowest BCUT2D eigenvalue weighted by Gasteiger charge is -2.26. The Morgan fingerprint density at radius 3 is 2.91 bits per heavy atom. The fourth-order valence-corrected chi connectivity index (χ4v) is 2.99. The summed E-state index contributed by atoms with van der Waals surface area (Å²) in [6.07, 6.45) is 4.38. The fourth-order valence-electron chi connectivity index (χ4n) is 2.99. The quantitative estimate of drug-likeness (QED) is 0.899. The molecule has 6 nitrogen and oxygen atoms in total. The highest BCUT2D eigenvalue weighted by Gasteiger charge is 2.39. The van der Waals surface area contributed by atoms with E-state index in [1.165, 1.54) is 0 Å². The van der Waals surface area contributed by atoms with Gasteiger partial charge in [-0.05, 0) is 37.9 Å². The average Bonchev–Trinajstić information content (AvgIpc) is 3.17. The van der Waals surface area contributed by atoms with Crippen molar-refractivity contribution in [1.82, 2.24) is 20.1 Å². The third-order valence-electron chi connectivity index (χ3n) is 4.37. The second-order valence-corrected chi connectivity index (χ2v) is 5.77. The minimum atomic E-state index is -0.430. The van der Waals surface area contributed by atoms with E-state index in [2.05, 4.69) is 20.8 Å². The van der Waals surface area contributed by atoms with E-state index < -0.39 is 5.54 Å². The van der Waals surface area contributed by atoms with Crippen LogP contribution >= 0.6 is 12.4 Å². The Bertz CT molecular complexity index is 679. The zero-order valence-electron chi connectivity index (χ0n) is 13.4. The Kier molecular flexibility index (Phi) is 5.38. The molecule has 1 aromatic carbocycles. The van der Waals surface area contributed by atoms with Crippen LogP contribution in [-0.4, -0.2) is 32.8 Å². The van der Waals surface area contributed by atoms with Crippen LogP contribution in [0, 0.1) is 0 Å². The molecule has 1 aliphatic heterocycles. The maximum absolute atomic E-state index is 12.6. The first-order valence-corrected chi connectivity index (χ1v) is 7.65. The summed E-state index contributed by atoms with van der Waals surface area (Å²) in [7, 11) is 1.90. The molecule has 124 valence electrons. The number of rotatable bonds is 4. The highest BCUT2D eigenvalue weighted by atomic mass is 35.5. The Morgan fingerprint density at radius 1 is 1.48 bits per heavy atom.